The fraction of sp³-hybridized carbons (Fsp3) is 0.158. The second-order valence-corrected chi connectivity index (χ2v) is 5.01. The minimum absolute atomic E-state index is 0.116. The van der Waals surface area contributed by atoms with Gasteiger partial charge in [-0.2, -0.15) is 0 Å². The molecule has 0 spiro atoms. The van der Waals surface area contributed by atoms with Crippen LogP contribution in [-0.4, -0.2) is 13.0 Å². The van der Waals surface area contributed by atoms with Crippen LogP contribution in [0.2, 0.25) is 0 Å². The zero-order chi connectivity index (χ0) is 17.4. The van der Waals surface area contributed by atoms with Crippen LogP contribution in [0.1, 0.15) is 13.3 Å². The Kier molecular flexibility index (Phi) is 6.28. The molecule has 0 amide bonds. The fourth-order valence-corrected chi connectivity index (χ4v) is 2.05. The lowest BCUT2D eigenvalue weighted by Gasteiger charge is -2.03. The SMILES string of the molecule is CCCN.O=COc1ccc2c(=O)c(-c3ccccc3)coc2c1. The van der Waals surface area contributed by atoms with Gasteiger partial charge in [-0.05, 0) is 30.7 Å². The first kappa shape index (κ1) is 17.4. The molecule has 1 aromatic heterocycles. The Morgan fingerprint density at radius 3 is 2.50 bits per heavy atom. The van der Waals surface area contributed by atoms with E-state index in [9.17, 15) is 9.59 Å². The van der Waals surface area contributed by atoms with Crippen LogP contribution in [0.15, 0.2) is 64.0 Å². The summed E-state index contributed by atoms with van der Waals surface area (Å²) >= 11 is 0. The molecule has 0 atom stereocenters. The summed E-state index contributed by atoms with van der Waals surface area (Å²) in [7, 11) is 0. The van der Waals surface area contributed by atoms with Crippen LogP contribution >= 0.6 is 0 Å². The summed E-state index contributed by atoms with van der Waals surface area (Å²) in [5.41, 5.74) is 6.60. The molecule has 0 aliphatic rings. The van der Waals surface area contributed by atoms with Gasteiger partial charge in [-0.3, -0.25) is 9.59 Å². The number of hydrogen-bond acceptors (Lipinski definition) is 5. The van der Waals surface area contributed by atoms with Gasteiger partial charge >= 0.3 is 0 Å². The highest BCUT2D eigenvalue weighted by Crippen LogP contribution is 2.22. The van der Waals surface area contributed by atoms with Gasteiger partial charge in [0.25, 0.3) is 6.47 Å². The molecule has 5 nitrogen and oxygen atoms in total. The highest BCUT2D eigenvalue weighted by atomic mass is 16.5. The van der Waals surface area contributed by atoms with Crippen molar-refractivity contribution in [3.63, 3.8) is 0 Å². The molecule has 3 aromatic rings. The minimum atomic E-state index is -0.116. The van der Waals surface area contributed by atoms with E-state index < -0.39 is 0 Å². The van der Waals surface area contributed by atoms with Gasteiger partial charge in [0, 0.05) is 6.07 Å². The van der Waals surface area contributed by atoms with Gasteiger partial charge in [0.05, 0.1) is 10.9 Å². The summed E-state index contributed by atoms with van der Waals surface area (Å²) < 4.78 is 10.2. The number of carbonyl (C=O) groups excluding carboxylic acids is 1. The van der Waals surface area contributed by atoms with Crippen LogP contribution in [0.4, 0.5) is 0 Å². The molecule has 0 saturated heterocycles. The summed E-state index contributed by atoms with van der Waals surface area (Å²) in [6, 6.07) is 14.0. The van der Waals surface area contributed by atoms with Gasteiger partial charge in [-0.25, -0.2) is 0 Å². The number of rotatable bonds is 4. The van der Waals surface area contributed by atoms with E-state index in [4.69, 9.17) is 14.9 Å². The van der Waals surface area contributed by atoms with E-state index in [-0.39, 0.29) is 5.43 Å². The highest BCUT2D eigenvalue weighted by molar-refractivity contribution is 5.82. The van der Waals surface area contributed by atoms with Crippen molar-refractivity contribution >= 4 is 17.4 Å². The summed E-state index contributed by atoms with van der Waals surface area (Å²) in [5, 5.41) is 0.449. The Balaban J connectivity index is 0.000000471. The van der Waals surface area contributed by atoms with Crippen molar-refractivity contribution in [3.8, 4) is 16.9 Å². The number of nitrogens with two attached hydrogens (primary N) is 1. The van der Waals surface area contributed by atoms with E-state index >= 15 is 0 Å². The number of fused-ring (bicyclic) bond motifs is 1. The zero-order valence-electron chi connectivity index (χ0n) is 13.4. The maximum absolute atomic E-state index is 12.4. The van der Waals surface area contributed by atoms with Crippen LogP contribution in [0.5, 0.6) is 5.75 Å². The van der Waals surface area contributed by atoms with Crippen molar-refractivity contribution < 1.29 is 13.9 Å². The van der Waals surface area contributed by atoms with Crippen molar-refractivity contribution in [1.82, 2.24) is 0 Å². The van der Waals surface area contributed by atoms with Gasteiger partial charge < -0.3 is 14.9 Å². The molecular formula is C19H19NO4. The van der Waals surface area contributed by atoms with Crippen LogP contribution in [0.3, 0.4) is 0 Å². The molecule has 124 valence electrons. The first-order chi connectivity index (χ1) is 11.7. The van der Waals surface area contributed by atoms with Crippen molar-refractivity contribution in [2.75, 3.05) is 6.54 Å². The van der Waals surface area contributed by atoms with E-state index in [2.05, 4.69) is 6.92 Å². The number of benzene rings is 2. The summed E-state index contributed by atoms with van der Waals surface area (Å²) in [5.74, 6) is 0.336. The van der Waals surface area contributed by atoms with Gasteiger partial charge in [0.2, 0.25) is 0 Å². The monoisotopic (exact) mass is 325 g/mol. The molecule has 1 heterocycles. The average molecular weight is 325 g/mol. The Labute approximate surface area is 139 Å². The average Bonchev–Trinajstić information content (AvgIpc) is 2.63. The topological polar surface area (TPSA) is 82.5 Å². The molecule has 0 radical (unpaired) electrons. The van der Waals surface area contributed by atoms with Gasteiger partial charge in [0.1, 0.15) is 17.6 Å². The quantitative estimate of drug-likeness (QED) is 0.744. The molecule has 0 aliphatic carbocycles. The van der Waals surface area contributed by atoms with E-state index in [1.807, 2.05) is 30.3 Å². The molecule has 0 saturated carbocycles. The lowest BCUT2D eigenvalue weighted by Crippen LogP contribution is -2.04. The van der Waals surface area contributed by atoms with Crippen molar-refractivity contribution in [2.24, 2.45) is 5.73 Å². The van der Waals surface area contributed by atoms with Gasteiger partial charge in [-0.1, -0.05) is 37.3 Å². The summed E-state index contributed by atoms with van der Waals surface area (Å²) in [6.45, 7) is 3.21. The van der Waals surface area contributed by atoms with Gasteiger partial charge in [-0.15, -0.1) is 0 Å². The molecule has 0 aliphatic heterocycles. The summed E-state index contributed by atoms with van der Waals surface area (Å²) in [4.78, 5) is 22.7. The molecule has 0 unspecified atom stereocenters. The van der Waals surface area contributed by atoms with Crippen molar-refractivity contribution in [2.45, 2.75) is 13.3 Å². The Hall–Kier alpha value is -2.92. The van der Waals surface area contributed by atoms with Crippen LogP contribution in [0, 0.1) is 0 Å². The maximum Gasteiger partial charge on any atom is 0.298 e. The number of ether oxygens (including phenoxy) is 1. The van der Waals surface area contributed by atoms with Gasteiger partial charge in [0.15, 0.2) is 5.43 Å². The highest BCUT2D eigenvalue weighted by Gasteiger charge is 2.09. The van der Waals surface area contributed by atoms with Crippen molar-refractivity contribution in [3.05, 3.63) is 65.0 Å². The van der Waals surface area contributed by atoms with E-state index in [0.717, 1.165) is 18.5 Å². The minimum Gasteiger partial charge on any atom is -0.463 e. The number of carbonyl (C=O) groups is 1. The third-order valence-corrected chi connectivity index (χ3v) is 3.30. The Morgan fingerprint density at radius 1 is 1.17 bits per heavy atom. The molecule has 0 bridgehead atoms. The first-order valence-corrected chi connectivity index (χ1v) is 7.62. The van der Waals surface area contributed by atoms with Crippen LogP contribution in [-0.2, 0) is 4.79 Å². The Morgan fingerprint density at radius 2 is 1.88 bits per heavy atom. The zero-order valence-corrected chi connectivity index (χ0v) is 13.4. The van der Waals surface area contributed by atoms with E-state index in [1.54, 1.807) is 12.1 Å². The molecule has 2 aromatic carbocycles. The predicted octanol–water partition coefficient (Wildman–Crippen LogP) is 3.35. The Bertz CT molecular complexity index is 854. The van der Waals surface area contributed by atoms with Crippen LogP contribution < -0.4 is 15.9 Å². The maximum atomic E-state index is 12.4. The third kappa shape index (κ3) is 4.08. The molecule has 24 heavy (non-hydrogen) atoms. The fourth-order valence-electron chi connectivity index (χ4n) is 2.05. The van der Waals surface area contributed by atoms with Crippen molar-refractivity contribution in [1.29, 1.82) is 0 Å². The molecular weight excluding hydrogens is 306 g/mol. The van der Waals surface area contributed by atoms with E-state index in [0.29, 0.717) is 28.8 Å². The second kappa shape index (κ2) is 8.64. The molecule has 2 N–H and O–H groups in total. The standard InChI is InChI=1S/C16H10O4.C3H9N/c17-10-20-12-6-7-13-15(8-12)19-9-14(16(13)18)11-4-2-1-3-5-11;1-2-3-4/h1-10H;2-4H2,1H3. The number of hydrogen-bond donors (Lipinski definition) is 1. The smallest absolute Gasteiger partial charge is 0.298 e. The lowest BCUT2D eigenvalue weighted by atomic mass is 10.1. The summed E-state index contributed by atoms with van der Waals surface area (Å²) in [6.07, 6.45) is 2.52. The largest absolute Gasteiger partial charge is 0.463 e. The molecule has 5 heteroatoms. The van der Waals surface area contributed by atoms with Crippen LogP contribution in [0.25, 0.3) is 22.1 Å². The molecule has 0 fully saturated rings. The second-order valence-electron chi connectivity index (χ2n) is 5.01. The molecule has 3 rings (SSSR count). The lowest BCUT2D eigenvalue weighted by molar-refractivity contribution is -0.120. The van der Waals surface area contributed by atoms with E-state index in [1.165, 1.54) is 12.3 Å². The third-order valence-electron chi connectivity index (χ3n) is 3.30. The predicted molar refractivity (Wildman–Crippen MR) is 94.0 cm³/mol. The first-order valence-electron chi connectivity index (χ1n) is 7.62. The normalized spacial score (nSPS) is 9.92.